The molecule has 1 unspecified atom stereocenters. The summed E-state index contributed by atoms with van der Waals surface area (Å²) in [7, 11) is 0. The van der Waals surface area contributed by atoms with Gasteiger partial charge in [-0.05, 0) is 91.8 Å². The first-order valence-corrected chi connectivity index (χ1v) is 14.9. The van der Waals surface area contributed by atoms with Gasteiger partial charge in [0.2, 0.25) is 5.88 Å². The average molecular weight is 632 g/mol. The predicted molar refractivity (Wildman–Crippen MR) is 173 cm³/mol. The fourth-order valence-electron chi connectivity index (χ4n) is 5.93. The molecule has 0 amide bonds. The van der Waals surface area contributed by atoms with Crippen LogP contribution in [0, 0.1) is 12.8 Å². The van der Waals surface area contributed by atoms with E-state index in [1.807, 2.05) is 36.4 Å². The van der Waals surface area contributed by atoms with Gasteiger partial charge in [-0.1, -0.05) is 36.4 Å². The molecular weight excluding hydrogens is 587 g/mol. The van der Waals surface area contributed by atoms with Gasteiger partial charge in [0.05, 0.1) is 12.2 Å². The number of rotatable bonds is 12. The highest BCUT2D eigenvalue weighted by Crippen LogP contribution is 2.39. The van der Waals surface area contributed by atoms with Gasteiger partial charge in [0.15, 0.2) is 0 Å². The molecule has 2 aliphatic rings. The molecule has 5 rings (SSSR count). The number of benzene rings is 2. The smallest absolute Gasteiger partial charge is 0.303 e. The maximum absolute atomic E-state index is 10.7. The normalized spacial score (nSPS) is 17.8. The van der Waals surface area contributed by atoms with Crippen molar-refractivity contribution in [2.45, 2.75) is 70.6 Å². The van der Waals surface area contributed by atoms with E-state index >= 15 is 0 Å². The Balaban J connectivity index is 0.00000253. The second-order valence-electron chi connectivity index (χ2n) is 11.6. The third kappa shape index (κ3) is 10.7. The molecule has 2 aromatic carbocycles. The SMILES string of the molecule is Cc1ccnc(OCCC2CCOC3(CCN(Cc4ccc(COc5ccc(CCC(=O)O)cc5)cc4)CC3)C2)c1.Cl.Cl. The summed E-state index contributed by atoms with van der Waals surface area (Å²) in [5, 5.41) is 8.83. The van der Waals surface area contributed by atoms with Crippen LogP contribution in [0.1, 0.15) is 60.8 Å². The van der Waals surface area contributed by atoms with E-state index in [-0.39, 0.29) is 36.8 Å². The molecule has 0 radical (unpaired) electrons. The molecule has 0 saturated carbocycles. The van der Waals surface area contributed by atoms with E-state index in [2.05, 4.69) is 41.1 Å². The van der Waals surface area contributed by atoms with Crippen LogP contribution in [0.4, 0.5) is 0 Å². The molecule has 0 aliphatic carbocycles. The van der Waals surface area contributed by atoms with E-state index < -0.39 is 5.97 Å². The lowest BCUT2D eigenvalue weighted by atomic mass is 9.78. The molecule has 2 fully saturated rings. The Hall–Kier alpha value is -2.84. The van der Waals surface area contributed by atoms with E-state index in [9.17, 15) is 4.79 Å². The average Bonchev–Trinajstić information content (AvgIpc) is 2.98. The van der Waals surface area contributed by atoms with Crippen LogP contribution in [-0.4, -0.2) is 52.9 Å². The van der Waals surface area contributed by atoms with E-state index in [1.54, 1.807) is 6.20 Å². The molecule has 1 N–H and O–H groups in total. The largest absolute Gasteiger partial charge is 0.489 e. The maximum Gasteiger partial charge on any atom is 0.303 e. The van der Waals surface area contributed by atoms with Crippen molar-refractivity contribution in [3.63, 3.8) is 0 Å². The van der Waals surface area contributed by atoms with Gasteiger partial charge in [-0.2, -0.15) is 0 Å². The molecule has 1 atom stereocenters. The minimum absolute atomic E-state index is 0. The zero-order valence-electron chi connectivity index (χ0n) is 24.9. The zero-order valence-corrected chi connectivity index (χ0v) is 26.5. The van der Waals surface area contributed by atoms with Gasteiger partial charge < -0.3 is 19.3 Å². The molecule has 3 heterocycles. The van der Waals surface area contributed by atoms with Gasteiger partial charge in [-0.15, -0.1) is 24.8 Å². The van der Waals surface area contributed by atoms with E-state index in [0.717, 1.165) is 81.1 Å². The van der Waals surface area contributed by atoms with Crippen molar-refractivity contribution >= 4 is 30.8 Å². The standard InChI is InChI=1S/C34H42N2O5.2ClH/c1-26-12-17-35-32(22-26)39-20-13-28-14-21-41-34(23-28)15-18-36(19-16-34)24-29-2-4-30(5-3-29)25-40-31-9-6-27(7-10-31)8-11-33(37)38;;/h2-7,9-10,12,17,22,28H,8,11,13-16,18-21,23-25H2,1H3,(H,37,38);2*1H. The summed E-state index contributed by atoms with van der Waals surface area (Å²) >= 11 is 0. The fraction of sp³-hybridized carbons (Fsp3) is 0.471. The van der Waals surface area contributed by atoms with Gasteiger partial charge in [0.1, 0.15) is 12.4 Å². The van der Waals surface area contributed by atoms with E-state index in [0.29, 0.717) is 25.6 Å². The van der Waals surface area contributed by atoms with Crippen molar-refractivity contribution in [2.24, 2.45) is 5.92 Å². The first-order valence-electron chi connectivity index (χ1n) is 14.9. The number of piperidine rings is 1. The van der Waals surface area contributed by atoms with E-state index in [1.165, 1.54) is 11.1 Å². The summed E-state index contributed by atoms with van der Waals surface area (Å²) in [5.74, 6) is 1.38. The number of aromatic nitrogens is 1. The fourth-order valence-corrected chi connectivity index (χ4v) is 5.93. The summed E-state index contributed by atoms with van der Waals surface area (Å²) in [4.78, 5) is 17.6. The van der Waals surface area contributed by atoms with Crippen LogP contribution in [-0.2, 0) is 29.1 Å². The van der Waals surface area contributed by atoms with Gasteiger partial charge in [0, 0.05) is 44.9 Å². The monoisotopic (exact) mass is 630 g/mol. The van der Waals surface area contributed by atoms with Crippen LogP contribution in [0.25, 0.3) is 0 Å². The Morgan fingerprint density at radius 1 is 1.00 bits per heavy atom. The van der Waals surface area contributed by atoms with Crippen molar-refractivity contribution < 1.29 is 24.1 Å². The summed E-state index contributed by atoms with van der Waals surface area (Å²) in [6.07, 6.45) is 7.96. The molecule has 0 bridgehead atoms. The number of carboxylic acids is 1. The Bertz CT molecular complexity index is 1260. The molecule has 1 aromatic heterocycles. The van der Waals surface area contributed by atoms with Crippen molar-refractivity contribution in [1.82, 2.24) is 9.88 Å². The van der Waals surface area contributed by atoms with Gasteiger partial charge in [-0.3, -0.25) is 9.69 Å². The quantitative estimate of drug-likeness (QED) is 0.229. The molecule has 2 saturated heterocycles. The maximum atomic E-state index is 10.7. The number of likely N-dealkylation sites (tertiary alicyclic amines) is 1. The third-order valence-corrected chi connectivity index (χ3v) is 8.41. The van der Waals surface area contributed by atoms with Crippen LogP contribution >= 0.6 is 24.8 Å². The minimum Gasteiger partial charge on any atom is -0.489 e. The summed E-state index contributed by atoms with van der Waals surface area (Å²) in [6.45, 7) is 7.21. The number of halogens is 2. The summed E-state index contributed by atoms with van der Waals surface area (Å²) < 4.78 is 18.3. The molecule has 3 aromatic rings. The van der Waals surface area contributed by atoms with Crippen LogP contribution in [0.3, 0.4) is 0 Å². The Morgan fingerprint density at radius 2 is 1.70 bits per heavy atom. The number of carbonyl (C=O) groups is 1. The lowest BCUT2D eigenvalue weighted by Crippen LogP contribution is -2.49. The van der Waals surface area contributed by atoms with Crippen LogP contribution in [0.2, 0.25) is 0 Å². The van der Waals surface area contributed by atoms with Crippen LogP contribution < -0.4 is 9.47 Å². The van der Waals surface area contributed by atoms with Crippen molar-refractivity contribution in [1.29, 1.82) is 0 Å². The second kappa shape index (κ2) is 16.9. The molecule has 1 spiro atoms. The lowest BCUT2D eigenvalue weighted by molar-refractivity contribution is -0.137. The van der Waals surface area contributed by atoms with E-state index in [4.69, 9.17) is 19.3 Å². The number of ether oxygens (including phenoxy) is 3. The van der Waals surface area contributed by atoms with Crippen molar-refractivity contribution in [2.75, 3.05) is 26.3 Å². The highest BCUT2D eigenvalue weighted by atomic mass is 35.5. The van der Waals surface area contributed by atoms with Crippen molar-refractivity contribution in [3.05, 3.63) is 89.1 Å². The Kier molecular flexibility index (Phi) is 13.6. The van der Waals surface area contributed by atoms with Gasteiger partial charge in [0.25, 0.3) is 0 Å². The lowest BCUT2D eigenvalue weighted by Gasteiger charge is -2.46. The molecular formula is C34H44Cl2N2O5. The van der Waals surface area contributed by atoms with Gasteiger partial charge in [-0.25, -0.2) is 4.98 Å². The highest BCUT2D eigenvalue weighted by Gasteiger charge is 2.40. The second-order valence-corrected chi connectivity index (χ2v) is 11.6. The summed E-state index contributed by atoms with van der Waals surface area (Å²) in [5.41, 5.74) is 4.65. The molecule has 9 heteroatoms. The van der Waals surface area contributed by atoms with Crippen molar-refractivity contribution in [3.8, 4) is 11.6 Å². The number of carboxylic acid groups (broad SMARTS) is 1. The Labute approximate surface area is 267 Å². The van der Waals surface area contributed by atoms with Crippen LogP contribution in [0.15, 0.2) is 66.9 Å². The molecule has 2 aliphatic heterocycles. The highest BCUT2D eigenvalue weighted by molar-refractivity contribution is 5.85. The molecule has 234 valence electrons. The first kappa shape index (κ1) is 34.6. The number of hydrogen-bond acceptors (Lipinski definition) is 6. The van der Waals surface area contributed by atoms with Crippen LogP contribution in [0.5, 0.6) is 11.6 Å². The predicted octanol–water partition coefficient (Wildman–Crippen LogP) is 7.06. The minimum atomic E-state index is -0.778. The number of nitrogens with zero attached hydrogens (tertiary/aromatic N) is 2. The molecule has 43 heavy (non-hydrogen) atoms. The molecule has 7 nitrogen and oxygen atoms in total. The van der Waals surface area contributed by atoms with Gasteiger partial charge >= 0.3 is 5.97 Å². The number of aliphatic carboxylic acids is 1. The first-order chi connectivity index (χ1) is 19.9. The third-order valence-electron chi connectivity index (χ3n) is 8.41. The Morgan fingerprint density at radius 3 is 2.40 bits per heavy atom. The summed E-state index contributed by atoms with van der Waals surface area (Å²) in [6, 6.07) is 20.4. The number of pyridine rings is 1. The topological polar surface area (TPSA) is 81.1 Å². The number of aryl methyl sites for hydroxylation is 2. The number of hydrogen-bond donors (Lipinski definition) is 1. The zero-order chi connectivity index (χ0) is 28.5.